The number of hydrogen-bond donors (Lipinski definition) is 3. The Morgan fingerprint density at radius 2 is 2.19 bits per heavy atom. The molecule has 0 bridgehead atoms. The summed E-state index contributed by atoms with van der Waals surface area (Å²) >= 11 is 0. The second kappa shape index (κ2) is 6.65. The number of rotatable bonds is 3. The van der Waals surface area contributed by atoms with E-state index in [1.807, 2.05) is 0 Å². The summed E-state index contributed by atoms with van der Waals surface area (Å²) in [5.41, 5.74) is 0.675. The maximum Gasteiger partial charge on any atom is 0.449 e. The fourth-order valence-corrected chi connectivity index (χ4v) is 3.01. The number of H-pyrrole nitrogens is 2. The van der Waals surface area contributed by atoms with Gasteiger partial charge in [0.05, 0.1) is 23.9 Å². The van der Waals surface area contributed by atoms with Crippen LogP contribution in [0.25, 0.3) is 11.0 Å². The van der Waals surface area contributed by atoms with Gasteiger partial charge in [-0.15, -0.1) is 0 Å². The Morgan fingerprint density at radius 1 is 1.33 bits per heavy atom. The van der Waals surface area contributed by atoms with Crippen molar-refractivity contribution in [1.29, 1.82) is 0 Å². The van der Waals surface area contributed by atoms with Gasteiger partial charge in [0, 0.05) is 30.5 Å². The number of alkyl halides is 3. The minimum absolute atomic E-state index is 0.0250. The van der Waals surface area contributed by atoms with Crippen LogP contribution in [0.5, 0.6) is 0 Å². The van der Waals surface area contributed by atoms with Crippen LogP contribution in [0, 0.1) is 0 Å². The summed E-state index contributed by atoms with van der Waals surface area (Å²) in [6.45, 7) is 1.31. The molecule has 0 aliphatic carbocycles. The number of amides is 1. The Kier molecular flexibility index (Phi) is 4.30. The molecule has 0 aromatic carbocycles. The van der Waals surface area contributed by atoms with Gasteiger partial charge in [-0.2, -0.15) is 18.3 Å². The first-order chi connectivity index (χ1) is 12.9. The SMILES string of the molecule is O=C(Nc1cc(C2CCCOC2)[nH]n1)c1cncc2[nH]c(C(F)(F)F)nc12. The maximum absolute atomic E-state index is 12.8. The highest BCUT2D eigenvalue weighted by Crippen LogP contribution is 2.29. The quantitative estimate of drug-likeness (QED) is 0.647. The molecule has 1 aliphatic rings. The van der Waals surface area contributed by atoms with Crippen molar-refractivity contribution in [3.63, 3.8) is 0 Å². The van der Waals surface area contributed by atoms with Crippen molar-refractivity contribution >= 4 is 22.8 Å². The number of halogens is 3. The second-order valence-corrected chi connectivity index (χ2v) is 6.24. The molecule has 8 nitrogen and oxygen atoms in total. The second-order valence-electron chi connectivity index (χ2n) is 6.24. The van der Waals surface area contributed by atoms with Gasteiger partial charge < -0.3 is 15.0 Å². The van der Waals surface area contributed by atoms with E-state index < -0.39 is 17.9 Å². The third-order valence-corrected chi connectivity index (χ3v) is 4.35. The van der Waals surface area contributed by atoms with Crippen LogP contribution in [0.1, 0.15) is 40.6 Å². The molecule has 3 N–H and O–H groups in total. The fraction of sp³-hybridized carbons (Fsp3) is 0.375. The molecule has 4 rings (SSSR count). The molecule has 1 unspecified atom stereocenters. The number of carbonyl (C=O) groups excluding carboxylic acids is 1. The number of ether oxygens (including phenoxy) is 1. The van der Waals surface area contributed by atoms with E-state index in [0.717, 1.165) is 25.1 Å². The highest BCUT2D eigenvalue weighted by molar-refractivity contribution is 6.10. The zero-order chi connectivity index (χ0) is 19.0. The molecule has 27 heavy (non-hydrogen) atoms. The van der Waals surface area contributed by atoms with Crippen LogP contribution in [0.3, 0.4) is 0 Å². The minimum atomic E-state index is -4.65. The average molecular weight is 380 g/mol. The molecule has 4 heterocycles. The number of fused-ring (bicyclic) bond motifs is 1. The van der Waals surface area contributed by atoms with E-state index in [1.165, 1.54) is 12.4 Å². The van der Waals surface area contributed by atoms with Gasteiger partial charge in [0.1, 0.15) is 5.52 Å². The van der Waals surface area contributed by atoms with E-state index in [4.69, 9.17) is 4.74 Å². The molecular weight excluding hydrogens is 365 g/mol. The van der Waals surface area contributed by atoms with Crippen molar-refractivity contribution in [2.45, 2.75) is 24.9 Å². The van der Waals surface area contributed by atoms with Crippen molar-refractivity contribution in [2.24, 2.45) is 0 Å². The lowest BCUT2D eigenvalue weighted by Gasteiger charge is -2.20. The molecule has 1 fully saturated rings. The van der Waals surface area contributed by atoms with Gasteiger partial charge in [-0.3, -0.25) is 14.9 Å². The van der Waals surface area contributed by atoms with Crippen LogP contribution in [-0.4, -0.2) is 44.3 Å². The topological polar surface area (TPSA) is 109 Å². The summed E-state index contributed by atoms with van der Waals surface area (Å²) in [5.74, 6) is -1.39. The number of aromatic amines is 2. The number of anilines is 1. The number of aromatic nitrogens is 5. The van der Waals surface area contributed by atoms with Gasteiger partial charge in [0.2, 0.25) is 5.82 Å². The third-order valence-electron chi connectivity index (χ3n) is 4.35. The summed E-state index contributed by atoms with van der Waals surface area (Å²) < 4.78 is 44.0. The smallest absolute Gasteiger partial charge is 0.381 e. The third kappa shape index (κ3) is 3.50. The minimum Gasteiger partial charge on any atom is -0.381 e. The van der Waals surface area contributed by atoms with E-state index in [2.05, 4.69) is 30.5 Å². The summed E-state index contributed by atoms with van der Waals surface area (Å²) in [6.07, 6.45) is -0.400. The van der Waals surface area contributed by atoms with Crippen LogP contribution < -0.4 is 5.32 Å². The highest BCUT2D eigenvalue weighted by Gasteiger charge is 2.35. The van der Waals surface area contributed by atoms with Crippen LogP contribution >= 0.6 is 0 Å². The van der Waals surface area contributed by atoms with Crippen LogP contribution in [0.4, 0.5) is 19.0 Å². The summed E-state index contributed by atoms with van der Waals surface area (Å²) in [5, 5.41) is 9.46. The van der Waals surface area contributed by atoms with E-state index in [1.54, 1.807) is 6.07 Å². The van der Waals surface area contributed by atoms with Crippen molar-refractivity contribution in [1.82, 2.24) is 25.1 Å². The van der Waals surface area contributed by atoms with Gasteiger partial charge in [-0.25, -0.2) is 4.98 Å². The molecule has 1 aliphatic heterocycles. The molecular formula is C16H15F3N6O2. The number of nitrogens with zero attached hydrogens (tertiary/aromatic N) is 3. The Hall–Kier alpha value is -2.95. The molecule has 1 amide bonds. The zero-order valence-electron chi connectivity index (χ0n) is 13.9. The van der Waals surface area contributed by atoms with Crippen molar-refractivity contribution in [3.8, 4) is 0 Å². The standard InChI is InChI=1S/C16H15F3N6O2/c17-16(18,19)15-21-11-6-20-5-9(13(11)23-15)14(26)22-12-4-10(24-25-12)8-2-1-3-27-7-8/h4-6,8H,1-3,7H2,(H,21,23)(H2,22,24,25,26). The summed E-state index contributed by atoms with van der Waals surface area (Å²) in [4.78, 5) is 21.9. The van der Waals surface area contributed by atoms with Gasteiger partial charge in [0.25, 0.3) is 5.91 Å². The Balaban J connectivity index is 1.56. The summed E-state index contributed by atoms with van der Waals surface area (Å²) in [6, 6.07) is 1.69. The number of hydrogen-bond acceptors (Lipinski definition) is 5. The van der Waals surface area contributed by atoms with Crippen LogP contribution in [0.15, 0.2) is 18.5 Å². The van der Waals surface area contributed by atoms with Gasteiger partial charge in [-0.05, 0) is 12.8 Å². The lowest BCUT2D eigenvalue weighted by atomic mass is 9.99. The number of nitrogens with one attached hydrogen (secondary N) is 3. The van der Waals surface area contributed by atoms with Crippen LogP contribution in [0.2, 0.25) is 0 Å². The first-order valence-electron chi connectivity index (χ1n) is 8.27. The first-order valence-corrected chi connectivity index (χ1v) is 8.27. The van der Waals surface area contributed by atoms with Crippen molar-refractivity contribution in [3.05, 3.63) is 35.5 Å². The molecule has 142 valence electrons. The molecule has 0 spiro atoms. The monoisotopic (exact) mass is 380 g/mol. The largest absolute Gasteiger partial charge is 0.449 e. The Bertz CT molecular complexity index is 974. The lowest BCUT2D eigenvalue weighted by Crippen LogP contribution is -2.15. The van der Waals surface area contributed by atoms with Gasteiger partial charge in [0.15, 0.2) is 5.82 Å². The van der Waals surface area contributed by atoms with Gasteiger partial charge >= 0.3 is 6.18 Å². The van der Waals surface area contributed by atoms with E-state index in [0.29, 0.717) is 6.61 Å². The molecule has 1 saturated heterocycles. The number of imidazole rings is 1. The molecule has 11 heteroatoms. The highest BCUT2D eigenvalue weighted by atomic mass is 19.4. The zero-order valence-corrected chi connectivity index (χ0v) is 13.9. The lowest BCUT2D eigenvalue weighted by molar-refractivity contribution is -0.144. The van der Waals surface area contributed by atoms with Crippen LogP contribution in [-0.2, 0) is 10.9 Å². The van der Waals surface area contributed by atoms with E-state index >= 15 is 0 Å². The molecule has 1 atom stereocenters. The predicted octanol–water partition coefficient (Wildman–Crippen LogP) is 2.85. The summed E-state index contributed by atoms with van der Waals surface area (Å²) in [7, 11) is 0. The van der Waals surface area contributed by atoms with E-state index in [-0.39, 0.29) is 28.3 Å². The Morgan fingerprint density at radius 3 is 2.93 bits per heavy atom. The van der Waals surface area contributed by atoms with Crippen molar-refractivity contribution < 1.29 is 22.7 Å². The molecule has 0 radical (unpaired) electrons. The van der Waals surface area contributed by atoms with E-state index in [9.17, 15) is 18.0 Å². The number of carbonyl (C=O) groups is 1. The van der Waals surface area contributed by atoms with Crippen molar-refractivity contribution in [2.75, 3.05) is 18.5 Å². The Labute approximate surface area is 150 Å². The fourth-order valence-electron chi connectivity index (χ4n) is 3.01. The predicted molar refractivity (Wildman–Crippen MR) is 88.2 cm³/mol. The van der Waals surface area contributed by atoms with Gasteiger partial charge in [-0.1, -0.05) is 0 Å². The normalized spacial score (nSPS) is 18.0. The first kappa shape index (κ1) is 17.5. The maximum atomic E-state index is 12.8. The molecule has 3 aromatic heterocycles. The number of pyridine rings is 1. The molecule has 3 aromatic rings. The average Bonchev–Trinajstić information content (AvgIpc) is 3.28. The molecule has 0 saturated carbocycles.